The average molecular weight is 306 g/mol. The van der Waals surface area contributed by atoms with Crippen molar-refractivity contribution in [3.8, 4) is 11.1 Å². The van der Waals surface area contributed by atoms with Crippen molar-refractivity contribution < 1.29 is 0 Å². The van der Waals surface area contributed by atoms with Crippen molar-refractivity contribution in [3.05, 3.63) is 89.0 Å². The van der Waals surface area contributed by atoms with Gasteiger partial charge in [0.25, 0.3) is 0 Å². The maximum absolute atomic E-state index is 7.24. The quantitative estimate of drug-likeness (QED) is 0.492. The second-order valence-corrected chi connectivity index (χ2v) is 6.39. The Hall–Kier alpha value is -2.25. The van der Waals surface area contributed by atoms with Crippen LogP contribution in [0.1, 0.15) is 22.3 Å². The number of rotatable bonds is 1. The zero-order valence-electron chi connectivity index (χ0n) is 12.3. The highest BCUT2D eigenvalue weighted by Crippen LogP contribution is 2.55. The third kappa shape index (κ3) is 1.66. The molecule has 1 aliphatic rings. The number of alkyl halides is 1. The molecule has 0 radical (unpaired) electrons. The van der Waals surface area contributed by atoms with E-state index >= 15 is 0 Å². The molecule has 0 aromatic heterocycles. The predicted octanol–water partition coefficient (Wildman–Crippen LogP) is 5.09. The van der Waals surface area contributed by atoms with Crippen molar-refractivity contribution in [1.82, 2.24) is 0 Å². The van der Waals surface area contributed by atoms with Crippen molar-refractivity contribution >= 4 is 17.3 Å². The molecular weight excluding hydrogens is 290 g/mol. The molecule has 0 fully saturated rings. The first kappa shape index (κ1) is 13.4. The van der Waals surface area contributed by atoms with Gasteiger partial charge in [0, 0.05) is 5.69 Å². The summed E-state index contributed by atoms with van der Waals surface area (Å²) in [5, 5.41) is 0. The molecule has 3 aromatic rings. The van der Waals surface area contributed by atoms with Crippen molar-refractivity contribution in [2.75, 3.05) is 5.73 Å². The monoisotopic (exact) mass is 305 g/mol. The molecule has 22 heavy (non-hydrogen) atoms. The van der Waals surface area contributed by atoms with E-state index in [4.69, 9.17) is 17.3 Å². The Balaban J connectivity index is 2.06. The lowest BCUT2D eigenvalue weighted by Gasteiger charge is -2.26. The molecule has 0 saturated carbocycles. The molecule has 1 nitrogen and oxygen atoms in total. The van der Waals surface area contributed by atoms with Crippen molar-refractivity contribution in [1.29, 1.82) is 0 Å². The van der Waals surface area contributed by atoms with E-state index in [-0.39, 0.29) is 0 Å². The second kappa shape index (κ2) is 4.62. The number of anilines is 1. The Bertz CT molecular complexity index is 837. The highest BCUT2D eigenvalue weighted by molar-refractivity contribution is 6.30. The van der Waals surface area contributed by atoms with E-state index in [9.17, 15) is 0 Å². The summed E-state index contributed by atoms with van der Waals surface area (Å²) in [6.45, 7) is 2.02. The number of hydrogen-bond acceptors (Lipinski definition) is 1. The fourth-order valence-electron chi connectivity index (χ4n) is 3.38. The lowest BCUT2D eigenvalue weighted by atomic mass is 9.87. The molecule has 0 saturated heterocycles. The van der Waals surface area contributed by atoms with Crippen LogP contribution < -0.4 is 5.73 Å². The number of halogens is 1. The summed E-state index contributed by atoms with van der Waals surface area (Å²) in [6.07, 6.45) is 0. The van der Waals surface area contributed by atoms with Gasteiger partial charge in [0.1, 0.15) is 4.87 Å². The zero-order valence-corrected chi connectivity index (χ0v) is 13.1. The fourth-order valence-corrected chi connectivity index (χ4v) is 3.83. The second-order valence-electron chi connectivity index (χ2n) is 5.82. The number of fused-ring (bicyclic) bond motifs is 3. The molecule has 4 rings (SSSR count). The molecule has 0 amide bonds. The first-order chi connectivity index (χ1) is 10.6. The van der Waals surface area contributed by atoms with Crippen LogP contribution in [0, 0.1) is 6.92 Å². The van der Waals surface area contributed by atoms with Gasteiger partial charge in [-0.3, -0.25) is 0 Å². The molecule has 2 heteroatoms. The van der Waals surface area contributed by atoms with E-state index in [0.29, 0.717) is 0 Å². The number of nitrogen functional groups attached to an aromatic ring is 1. The number of aryl methyl sites for hydroxylation is 1. The number of nitrogens with two attached hydrogens (primary N) is 1. The minimum absolute atomic E-state index is 0.647. The van der Waals surface area contributed by atoms with Gasteiger partial charge in [-0.15, -0.1) is 11.6 Å². The van der Waals surface area contributed by atoms with E-state index in [1.807, 2.05) is 31.2 Å². The van der Waals surface area contributed by atoms with Crippen LogP contribution in [-0.4, -0.2) is 0 Å². The van der Waals surface area contributed by atoms with Crippen molar-refractivity contribution in [2.24, 2.45) is 0 Å². The van der Waals surface area contributed by atoms with Crippen LogP contribution in [0.3, 0.4) is 0 Å². The highest BCUT2D eigenvalue weighted by Gasteiger charge is 2.42. The smallest absolute Gasteiger partial charge is 0.121 e. The Labute approximate surface area is 135 Å². The van der Waals surface area contributed by atoms with Gasteiger partial charge in [-0.25, -0.2) is 0 Å². The first-order valence-corrected chi connectivity index (χ1v) is 7.75. The van der Waals surface area contributed by atoms with Crippen LogP contribution in [0.15, 0.2) is 66.7 Å². The number of hydrogen-bond donors (Lipinski definition) is 1. The summed E-state index contributed by atoms with van der Waals surface area (Å²) in [7, 11) is 0. The van der Waals surface area contributed by atoms with Gasteiger partial charge in [0.2, 0.25) is 0 Å². The van der Waals surface area contributed by atoms with Gasteiger partial charge < -0.3 is 5.73 Å². The van der Waals surface area contributed by atoms with E-state index in [0.717, 1.165) is 27.9 Å². The summed E-state index contributed by atoms with van der Waals surface area (Å²) in [5.74, 6) is 0. The van der Waals surface area contributed by atoms with Crippen molar-refractivity contribution in [2.45, 2.75) is 11.8 Å². The maximum atomic E-state index is 7.24. The largest absolute Gasteiger partial charge is 0.399 e. The molecular formula is C20H16ClN. The van der Waals surface area contributed by atoms with Gasteiger partial charge in [0.15, 0.2) is 0 Å². The predicted molar refractivity (Wildman–Crippen MR) is 93.2 cm³/mol. The van der Waals surface area contributed by atoms with Crippen LogP contribution in [0.4, 0.5) is 5.69 Å². The molecule has 3 aromatic carbocycles. The molecule has 0 aliphatic heterocycles. The van der Waals surface area contributed by atoms with Crippen LogP contribution >= 0.6 is 11.6 Å². The Morgan fingerprint density at radius 2 is 1.36 bits per heavy atom. The Morgan fingerprint density at radius 1 is 0.818 bits per heavy atom. The van der Waals surface area contributed by atoms with E-state index in [1.165, 1.54) is 11.1 Å². The lowest BCUT2D eigenvalue weighted by molar-refractivity contribution is 0.909. The zero-order chi connectivity index (χ0) is 15.3. The summed E-state index contributed by atoms with van der Waals surface area (Å²) in [5.41, 5.74) is 13.6. The van der Waals surface area contributed by atoms with Gasteiger partial charge in [-0.1, -0.05) is 60.7 Å². The molecule has 0 bridgehead atoms. The minimum Gasteiger partial charge on any atom is -0.399 e. The molecule has 0 unspecified atom stereocenters. The van der Waals surface area contributed by atoms with E-state index < -0.39 is 4.87 Å². The lowest BCUT2D eigenvalue weighted by Crippen LogP contribution is -2.19. The molecule has 0 atom stereocenters. The summed E-state index contributed by atoms with van der Waals surface area (Å²) in [4.78, 5) is -0.647. The van der Waals surface area contributed by atoms with E-state index in [1.54, 1.807) is 0 Å². The van der Waals surface area contributed by atoms with Crippen LogP contribution in [0.25, 0.3) is 11.1 Å². The van der Waals surface area contributed by atoms with Crippen LogP contribution in [-0.2, 0) is 4.87 Å². The SMILES string of the molecule is Cc1cc(C2(Cl)c3ccccc3-c3ccccc32)ccc1N. The maximum Gasteiger partial charge on any atom is 0.121 e. The third-order valence-electron chi connectivity index (χ3n) is 4.55. The van der Waals surface area contributed by atoms with Crippen LogP contribution in [0.2, 0.25) is 0 Å². The van der Waals surface area contributed by atoms with Gasteiger partial charge >= 0.3 is 0 Å². The third-order valence-corrected chi connectivity index (χ3v) is 5.18. The van der Waals surface area contributed by atoms with Gasteiger partial charge in [-0.2, -0.15) is 0 Å². The average Bonchev–Trinajstić information content (AvgIpc) is 2.82. The summed E-state index contributed by atoms with van der Waals surface area (Å²) >= 11 is 7.24. The summed E-state index contributed by atoms with van der Waals surface area (Å²) in [6, 6.07) is 22.8. The summed E-state index contributed by atoms with van der Waals surface area (Å²) < 4.78 is 0. The standard InChI is InChI=1S/C20H16ClN/c1-13-12-14(10-11-19(13)22)20(21)17-8-4-2-6-15(17)16-7-3-5-9-18(16)20/h2-12H,22H2,1H3. The number of benzene rings is 3. The molecule has 2 N–H and O–H groups in total. The molecule has 1 aliphatic carbocycles. The highest BCUT2D eigenvalue weighted by atomic mass is 35.5. The normalized spacial score (nSPS) is 14.5. The molecule has 0 heterocycles. The molecule has 108 valence electrons. The minimum atomic E-state index is -0.647. The topological polar surface area (TPSA) is 26.0 Å². The van der Waals surface area contributed by atoms with E-state index in [2.05, 4.69) is 42.5 Å². The van der Waals surface area contributed by atoms with Crippen LogP contribution in [0.5, 0.6) is 0 Å². The van der Waals surface area contributed by atoms with Crippen molar-refractivity contribution in [3.63, 3.8) is 0 Å². The van der Waals surface area contributed by atoms with Gasteiger partial charge in [-0.05, 0) is 46.4 Å². The molecule has 0 spiro atoms. The fraction of sp³-hybridized carbons (Fsp3) is 0.100. The first-order valence-electron chi connectivity index (χ1n) is 7.37. The van der Waals surface area contributed by atoms with Gasteiger partial charge in [0.05, 0.1) is 0 Å². The Morgan fingerprint density at radius 3 is 1.91 bits per heavy atom. The Kier molecular flexibility index (Phi) is 2.82.